The first-order chi connectivity index (χ1) is 17.5. The molecule has 37 heavy (non-hydrogen) atoms. The number of carboxylic acid groups (broad SMARTS) is 1. The number of aromatic nitrogens is 3. The lowest BCUT2D eigenvalue weighted by atomic mass is 10.00. The van der Waals surface area contributed by atoms with Gasteiger partial charge in [0, 0.05) is 0 Å². The van der Waals surface area contributed by atoms with Gasteiger partial charge in [-0.15, -0.1) is 11.3 Å². The second-order valence-corrected chi connectivity index (χ2v) is 10.7. The molecule has 1 aromatic carbocycles. The number of ether oxygens (including phenoxy) is 1. The molecule has 1 atom stereocenters. The van der Waals surface area contributed by atoms with Gasteiger partial charge in [-0.05, 0) is 57.7 Å². The highest BCUT2D eigenvalue weighted by atomic mass is 32.1. The summed E-state index contributed by atoms with van der Waals surface area (Å²) in [5.74, 6) is -0.961. The maximum Gasteiger partial charge on any atom is 0.333 e. The molecule has 0 aliphatic rings. The highest BCUT2D eigenvalue weighted by molar-refractivity contribution is 7.22. The zero-order valence-corrected chi connectivity index (χ0v) is 22.6. The number of hydrogen-bond donors (Lipinski definition) is 1. The van der Waals surface area contributed by atoms with E-state index in [4.69, 9.17) is 9.15 Å². The fourth-order valence-corrected chi connectivity index (χ4v) is 5.76. The van der Waals surface area contributed by atoms with Crippen LogP contribution in [0.2, 0.25) is 0 Å². The highest BCUT2D eigenvalue weighted by Crippen LogP contribution is 2.36. The normalized spacial score (nSPS) is 12.9. The molecule has 0 aliphatic carbocycles. The summed E-state index contributed by atoms with van der Waals surface area (Å²) in [6, 6.07) is 7.88. The Morgan fingerprint density at radius 3 is 2.54 bits per heavy atom. The van der Waals surface area contributed by atoms with Crippen LogP contribution in [0.1, 0.15) is 57.4 Å². The lowest BCUT2D eigenvalue weighted by Crippen LogP contribution is -2.52. The molecule has 9 nitrogen and oxygen atoms in total. The van der Waals surface area contributed by atoms with Crippen molar-refractivity contribution < 1.29 is 19.1 Å². The number of nitrogens with zero attached hydrogens (tertiary/aromatic N) is 3. The Kier molecular flexibility index (Phi) is 7.25. The van der Waals surface area contributed by atoms with Crippen molar-refractivity contribution in [1.29, 1.82) is 0 Å². The molecule has 0 aliphatic heterocycles. The van der Waals surface area contributed by atoms with Gasteiger partial charge in [0.25, 0.3) is 5.56 Å². The molecule has 0 saturated heterocycles. The summed E-state index contributed by atoms with van der Waals surface area (Å²) in [6.07, 6.45) is 3.06. The topological polar surface area (TPSA) is 117 Å². The molecule has 3 heterocycles. The third-order valence-corrected chi connectivity index (χ3v) is 7.79. The third kappa shape index (κ3) is 4.67. The number of oxazole rings is 1. The standard InChI is InChI=1S/C27H31N3O6S/c1-7-17-10-8-9-11-18(17)19(36-15(2)3)14-29-24-20(16(4)21(37-24)22-28-12-13-35-22)23(31)30(26(29)34)27(5,6)25(32)33/h8-13,15,19H,7,14H2,1-6H3,(H,32,33). The van der Waals surface area contributed by atoms with Crippen LogP contribution in [-0.4, -0.2) is 31.3 Å². The third-order valence-electron chi connectivity index (χ3n) is 6.49. The van der Waals surface area contributed by atoms with E-state index in [2.05, 4.69) is 11.9 Å². The number of carbonyl (C=O) groups is 1. The molecular weight excluding hydrogens is 494 g/mol. The van der Waals surface area contributed by atoms with Crippen LogP contribution < -0.4 is 11.2 Å². The molecule has 0 radical (unpaired) electrons. The van der Waals surface area contributed by atoms with Crippen molar-refractivity contribution in [3.8, 4) is 10.8 Å². The Hall–Kier alpha value is -3.50. The van der Waals surface area contributed by atoms with Crippen molar-refractivity contribution >= 4 is 27.5 Å². The van der Waals surface area contributed by atoms with Crippen molar-refractivity contribution in [1.82, 2.24) is 14.1 Å². The van der Waals surface area contributed by atoms with E-state index in [0.717, 1.165) is 22.1 Å². The summed E-state index contributed by atoms with van der Waals surface area (Å²) in [7, 11) is 0. The van der Waals surface area contributed by atoms with Crippen molar-refractivity contribution in [2.24, 2.45) is 0 Å². The number of aryl methyl sites for hydroxylation is 2. The van der Waals surface area contributed by atoms with Crippen molar-refractivity contribution in [3.05, 3.63) is 74.3 Å². The van der Waals surface area contributed by atoms with E-state index in [1.165, 1.54) is 42.2 Å². The SMILES string of the molecule is CCc1ccccc1C(Cn1c(=O)n(C(C)(C)C(=O)O)c(=O)c2c(C)c(-c3ncco3)sc21)OC(C)C. The van der Waals surface area contributed by atoms with Gasteiger partial charge in [-0.1, -0.05) is 31.2 Å². The predicted molar refractivity (Wildman–Crippen MR) is 142 cm³/mol. The van der Waals surface area contributed by atoms with E-state index in [1.807, 2.05) is 38.1 Å². The molecule has 0 spiro atoms. The van der Waals surface area contributed by atoms with Crippen LogP contribution in [0.3, 0.4) is 0 Å². The zero-order valence-electron chi connectivity index (χ0n) is 21.8. The van der Waals surface area contributed by atoms with Crippen LogP contribution in [0.4, 0.5) is 0 Å². The van der Waals surface area contributed by atoms with Gasteiger partial charge in [0.1, 0.15) is 22.7 Å². The van der Waals surface area contributed by atoms with Gasteiger partial charge in [-0.2, -0.15) is 0 Å². The fraction of sp³-hybridized carbons (Fsp3) is 0.407. The van der Waals surface area contributed by atoms with Crippen molar-refractivity contribution in [2.75, 3.05) is 0 Å². The van der Waals surface area contributed by atoms with E-state index < -0.39 is 28.9 Å². The van der Waals surface area contributed by atoms with Crippen molar-refractivity contribution in [3.63, 3.8) is 0 Å². The minimum absolute atomic E-state index is 0.0888. The summed E-state index contributed by atoms with van der Waals surface area (Å²) in [5, 5.41) is 10.2. The van der Waals surface area contributed by atoms with Gasteiger partial charge in [-0.3, -0.25) is 9.36 Å². The molecule has 0 fully saturated rings. The van der Waals surface area contributed by atoms with Gasteiger partial charge >= 0.3 is 11.7 Å². The van der Waals surface area contributed by atoms with Crippen LogP contribution in [0, 0.1) is 6.92 Å². The summed E-state index contributed by atoms with van der Waals surface area (Å²) in [4.78, 5) is 45.1. The molecule has 4 rings (SSSR count). The molecule has 4 aromatic rings. The molecule has 10 heteroatoms. The Morgan fingerprint density at radius 1 is 1.24 bits per heavy atom. The van der Waals surface area contributed by atoms with E-state index in [0.29, 0.717) is 21.2 Å². The Bertz CT molecular complexity index is 1560. The predicted octanol–water partition coefficient (Wildman–Crippen LogP) is 4.74. The average molecular weight is 526 g/mol. The first kappa shape index (κ1) is 26.6. The molecule has 1 unspecified atom stereocenters. The number of aliphatic carboxylic acids is 1. The molecule has 0 bridgehead atoms. The van der Waals surface area contributed by atoms with Crippen LogP contribution in [0.25, 0.3) is 21.0 Å². The highest BCUT2D eigenvalue weighted by Gasteiger charge is 2.36. The second kappa shape index (κ2) is 10.1. The van der Waals surface area contributed by atoms with Gasteiger partial charge < -0.3 is 14.3 Å². The maximum atomic E-state index is 13.9. The van der Waals surface area contributed by atoms with Gasteiger partial charge in [0.05, 0.1) is 29.1 Å². The smallest absolute Gasteiger partial charge is 0.333 e. The van der Waals surface area contributed by atoms with E-state index in [1.54, 1.807) is 6.92 Å². The molecular formula is C27H31N3O6S. The first-order valence-corrected chi connectivity index (χ1v) is 13.0. The number of thiophene rings is 1. The summed E-state index contributed by atoms with van der Waals surface area (Å²) in [6.45, 7) is 10.4. The summed E-state index contributed by atoms with van der Waals surface area (Å²) < 4.78 is 14.1. The summed E-state index contributed by atoms with van der Waals surface area (Å²) >= 11 is 1.22. The van der Waals surface area contributed by atoms with E-state index in [-0.39, 0.29) is 18.0 Å². The molecule has 0 saturated carbocycles. The number of benzene rings is 1. The van der Waals surface area contributed by atoms with Crippen molar-refractivity contribution in [2.45, 2.75) is 72.3 Å². The summed E-state index contributed by atoms with van der Waals surface area (Å²) in [5.41, 5.74) is -0.555. The lowest BCUT2D eigenvalue weighted by Gasteiger charge is -2.27. The lowest BCUT2D eigenvalue weighted by molar-refractivity contribution is -0.146. The number of rotatable bonds is 9. The van der Waals surface area contributed by atoms with Crippen LogP contribution in [-0.2, 0) is 28.0 Å². The molecule has 3 aromatic heterocycles. The second-order valence-electron chi connectivity index (χ2n) is 9.70. The van der Waals surface area contributed by atoms with E-state index >= 15 is 0 Å². The minimum atomic E-state index is -1.78. The van der Waals surface area contributed by atoms with E-state index in [9.17, 15) is 19.5 Å². The maximum absolute atomic E-state index is 13.9. The fourth-order valence-electron chi connectivity index (χ4n) is 4.51. The molecule has 1 N–H and O–H groups in total. The Morgan fingerprint density at radius 2 is 1.95 bits per heavy atom. The van der Waals surface area contributed by atoms with Crippen LogP contribution in [0.5, 0.6) is 0 Å². The average Bonchev–Trinajstić information content (AvgIpc) is 3.48. The first-order valence-electron chi connectivity index (χ1n) is 12.1. The molecule has 0 amide bonds. The molecule has 196 valence electrons. The minimum Gasteiger partial charge on any atom is -0.480 e. The Labute approximate surface area is 218 Å². The number of carboxylic acids is 1. The van der Waals surface area contributed by atoms with Crippen LogP contribution >= 0.6 is 11.3 Å². The van der Waals surface area contributed by atoms with Gasteiger partial charge in [0.2, 0.25) is 5.89 Å². The van der Waals surface area contributed by atoms with Gasteiger partial charge in [-0.25, -0.2) is 19.1 Å². The van der Waals surface area contributed by atoms with Crippen LogP contribution in [0.15, 0.2) is 50.7 Å². The number of hydrogen-bond acceptors (Lipinski definition) is 7. The number of fused-ring (bicyclic) bond motifs is 1. The quantitative estimate of drug-likeness (QED) is 0.336. The largest absolute Gasteiger partial charge is 0.480 e. The van der Waals surface area contributed by atoms with Gasteiger partial charge in [0.15, 0.2) is 0 Å². The monoisotopic (exact) mass is 525 g/mol. The Balaban J connectivity index is 2.06. The zero-order chi connectivity index (χ0) is 27.1.